The number of allylic oxidation sites excluding steroid dienone is 1. The number of fused-ring (bicyclic) bond motifs is 1. The first-order valence-corrected chi connectivity index (χ1v) is 10.3. The lowest BCUT2D eigenvalue weighted by molar-refractivity contribution is 0.0697. The molecule has 3 nitrogen and oxygen atoms in total. The Labute approximate surface area is 178 Å². The van der Waals surface area contributed by atoms with Gasteiger partial charge >= 0.3 is 5.97 Å². The molecule has 1 aliphatic carbocycles. The van der Waals surface area contributed by atoms with Crippen LogP contribution in [0.1, 0.15) is 80.1 Å². The minimum atomic E-state index is -0.929. The summed E-state index contributed by atoms with van der Waals surface area (Å²) in [5, 5.41) is 9.78. The van der Waals surface area contributed by atoms with Crippen LogP contribution >= 0.6 is 11.6 Å². The van der Waals surface area contributed by atoms with Gasteiger partial charge < -0.3 is 9.84 Å². The van der Waals surface area contributed by atoms with Crippen LogP contribution < -0.4 is 4.74 Å². The molecule has 0 spiro atoms. The minimum Gasteiger partial charge on any atom is -0.496 e. The molecule has 1 aliphatic rings. The van der Waals surface area contributed by atoms with E-state index in [1.807, 2.05) is 13.0 Å². The number of ether oxygens (including phenoxy) is 1. The molecule has 4 heteroatoms. The molecule has 0 heterocycles. The first kappa shape index (κ1) is 21.4. The largest absolute Gasteiger partial charge is 0.496 e. The Kier molecular flexibility index (Phi) is 5.57. The predicted molar refractivity (Wildman–Crippen MR) is 120 cm³/mol. The highest BCUT2D eigenvalue weighted by molar-refractivity contribution is 6.33. The van der Waals surface area contributed by atoms with E-state index in [2.05, 4.69) is 33.8 Å². The van der Waals surface area contributed by atoms with E-state index in [1.54, 1.807) is 31.4 Å². The maximum Gasteiger partial charge on any atom is 0.335 e. The standard InChI is InChI=1S/C25H29ClO3/c1-15(13-16-7-9-17(10-8-16)23(27)28)20-19(26)14-18-21(22(20)29-6)25(4,5)12-11-24(18,2)3/h7-10,13-14H,11-12H2,1-6H3,(H,27,28). The summed E-state index contributed by atoms with van der Waals surface area (Å²) in [5.74, 6) is -0.0809. The van der Waals surface area contributed by atoms with Gasteiger partial charge in [-0.3, -0.25) is 0 Å². The Balaban J connectivity index is 2.18. The van der Waals surface area contributed by atoms with E-state index < -0.39 is 5.97 Å². The van der Waals surface area contributed by atoms with Crippen molar-refractivity contribution in [3.8, 4) is 5.75 Å². The molecule has 3 rings (SSSR count). The van der Waals surface area contributed by atoms with Gasteiger partial charge in [-0.1, -0.05) is 57.5 Å². The second kappa shape index (κ2) is 7.53. The highest BCUT2D eigenvalue weighted by Gasteiger charge is 2.40. The highest BCUT2D eigenvalue weighted by atomic mass is 35.5. The Hall–Kier alpha value is -2.26. The van der Waals surface area contributed by atoms with Crippen LogP contribution in [0.2, 0.25) is 5.02 Å². The number of aromatic carboxylic acids is 1. The Morgan fingerprint density at radius 1 is 1.10 bits per heavy atom. The van der Waals surface area contributed by atoms with E-state index in [-0.39, 0.29) is 16.4 Å². The molecule has 0 aromatic heterocycles. The van der Waals surface area contributed by atoms with Crippen LogP contribution in [-0.4, -0.2) is 18.2 Å². The first-order valence-electron chi connectivity index (χ1n) is 9.91. The summed E-state index contributed by atoms with van der Waals surface area (Å²) in [6, 6.07) is 8.94. The summed E-state index contributed by atoms with van der Waals surface area (Å²) in [4.78, 5) is 11.1. The molecule has 2 aromatic carbocycles. The average Bonchev–Trinajstić information content (AvgIpc) is 2.64. The van der Waals surface area contributed by atoms with Crippen LogP contribution in [0.5, 0.6) is 5.75 Å². The predicted octanol–water partition coefficient (Wildman–Crippen LogP) is 6.96. The number of carbonyl (C=O) groups is 1. The van der Waals surface area contributed by atoms with Crippen LogP contribution in [0, 0.1) is 0 Å². The van der Waals surface area contributed by atoms with Gasteiger partial charge in [0.1, 0.15) is 5.75 Å². The van der Waals surface area contributed by atoms with Gasteiger partial charge in [0.05, 0.1) is 17.7 Å². The zero-order chi connectivity index (χ0) is 21.6. The SMILES string of the molecule is COc1c(C(C)=Cc2ccc(C(=O)O)cc2)c(Cl)cc2c1C(C)(C)CCC2(C)C. The number of hydrogen-bond acceptors (Lipinski definition) is 2. The van der Waals surface area contributed by atoms with Crippen LogP contribution in [0.3, 0.4) is 0 Å². The van der Waals surface area contributed by atoms with Crippen LogP contribution in [0.25, 0.3) is 11.6 Å². The van der Waals surface area contributed by atoms with Crippen LogP contribution in [-0.2, 0) is 10.8 Å². The van der Waals surface area contributed by atoms with Crippen molar-refractivity contribution in [3.63, 3.8) is 0 Å². The van der Waals surface area contributed by atoms with Crippen molar-refractivity contribution in [3.05, 3.63) is 63.2 Å². The Bertz CT molecular complexity index is 982. The van der Waals surface area contributed by atoms with Crippen molar-refractivity contribution in [2.24, 2.45) is 0 Å². The Morgan fingerprint density at radius 3 is 2.24 bits per heavy atom. The summed E-state index contributed by atoms with van der Waals surface area (Å²) < 4.78 is 5.96. The van der Waals surface area contributed by atoms with E-state index in [9.17, 15) is 4.79 Å². The van der Waals surface area contributed by atoms with E-state index in [1.165, 1.54) is 11.1 Å². The summed E-state index contributed by atoms with van der Waals surface area (Å²) in [6.07, 6.45) is 4.21. The van der Waals surface area contributed by atoms with Gasteiger partial charge in [-0.25, -0.2) is 4.79 Å². The number of carboxylic acid groups (broad SMARTS) is 1. The lowest BCUT2D eigenvalue weighted by atomic mass is 9.62. The molecule has 154 valence electrons. The lowest BCUT2D eigenvalue weighted by Crippen LogP contribution is -2.34. The second-order valence-electron chi connectivity index (χ2n) is 9.21. The summed E-state index contributed by atoms with van der Waals surface area (Å²) in [6.45, 7) is 11.1. The summed E-state index contributed by atoms with van der Waals surface area (Å²) in [7, 11) is 1.71. The topological polar surface area (TPSA) is 46.5 Å². The molecular weight excluding hydrogens is 384 g/mol. The number of methoxy groups -OCH3 is 1. The molecule has 0 atom stereocenters. The fourth-order valence-electron chi connectivity index (χ4n) is 4.33. The molecule has 0 aliphatic heterocycles. The summed E-state index contributed by atoms with van der Waals surface area (Å²) >= 11 is 6.79. The second-order valence-corrected chi connectivity index (χ2v) is 9.62. The first-order chi connectivity index (χ1) is 13.5. The number of benzene rings is 2. The fourth-order valence-corrected chi connectivity index (χ4v) is 4.68. The quantitative estimate of drug-likeness (QED) is 0.552. The van der Waals surface area contributed by atoms with Gasteiger partial charge in [-0.15, -0.1) is 0 Å². The lowest BCUT2D eigenvalue weighted by Gasteiger charge is -2.43. The number of hydrogen-bond donors (Lipinski definition) is 1. The van der Waals surface area contributed by atoms with Crippen molar-refractivity contribution in [1.29, 1.82) is 0 Å². The van der Waals surface area contributed by atoms with Crippen LogP contribution in [0.15, 0.2) is 30.3 Å². The highest BCUT2D eigenvalue weighted by Crippen LogP contribution is 2.53. The number of halogens is 1. The van der Waals surface area contributed by atoms with Gasteiger partial charge in [0.15, 0.2) is 0 Å². The number of rotatable bonds is 4. The molecule has 0 fully saturated rings. The van der Waals surface area contributed by atoms with Gasteiger partial charge in [-0.2, -0.15) is 0 Å². The van der Waals surface area contributed by atoms with Gasteiger partial charge in [0.25, 0.3) is 0 Å². The monoisotopic (exact) mass is 412 g/mol. The molecule has 0 radical (unpaired) electrons. The van der Waals surface area contributed by atoms with Crippen LogP contribution in [0.4, 0.5) is 0 Å². The smallest absolute Gasteiger partial charge is 0.335 e. The van der Waals surface area contributed by atoms with Gasteiger partial charge in [0, 0.05) is 11.1 Å². The molecule has 1 N–H and O–H groups in total. The van der Waals surface area contributed by atoms with Gasteiger partial charge in [0.2, 0.25) is 0 Å². The Morgan fingerprint density at radius 2 is 1.69 bits per heavy atom. The van der Waals surface area contributed by atoms with E-state index in [0.29, 0.717) is 5.02 Å². The maximum absolute atomic E-state index is 11.1. The molecule has 2 aromatic rings. The molecule has 0 amide bonds. The summed E-state index contributed by atoms with van der Waals surface area (Å²) in [5.41, 5.74) is 5.63. The van der Waals surface area contributed by atoms with E-state index >= 15 is 0 Å². The third-order valence-electron chi connectivity index (χ3n) is 6.15. The molecule has 29 heavy (non-hydrogen) atoms. The van der Waals surface area contributed by atoms with Crippen molar-refractivity contribution >= 4 is 29.2 Å². The zero-order valence-electron chi connectivity index (χ0n) is 18.0. The van der Waals surface area contributed by atoms with Crippen molar-refractivity contribution in [2.45, 2.75) is 58.3 Å². The molecular formula is C25H29ClO3. The molecule has 0 saturated heterocycles. The normalized spacial score (nSPS) is 17.6. The van der Waals surface area contributed by atoms with Crippen molar-refractivity contribution in [1.82, 2.24) is 0 Å². The third-order valence-corrected chi connectivity index (χ3v) is 6.45. The average molecular weight is 413 g/mol. The maximum atomic E-state index is 11.1. The molecule has 0 saturated carbocycles. The molecule has 0 unspecified atom stereocenters. The third kappa shape index (κ3) is 3.93. The van der Waals surface area contributed by atoms with Crippen molar-refractivity contribution < 1.29 is 14.6 Å². The van der Waals surface area contributed by atoms with Crippen molar-refractivity contribution in [2.75, 3.05) is 7.11 Å². The number of carboxylic acids is 1. The van der Waals surface area contributed by atoms with E-state index in [4.69, 9.17) is 21.4 Å². The fraction of sp³-hybridized carbons (Fsp3) is 0.400. The van der Waals surface area contributed by atoms with E-state index in [0.717, 1.165) is 35.3 Å². The minimum absolute atomic E-state index is 0.00104. The molecule has 0 bridgehead atoms. The zero-order valence-corrected chi connectivity index (χ0v) is 18.8. The van der Waals surface area contributed by atoms with Gasteiger partial charge in [-0.05, 0) is 65.5 Å².